The van der Waals surface area contributed by atoms with Crippen LogP contribution in [0, 0.1) is 0 Å². The van der Waals surface area contributed by atoms with Crippen LogP contribution >= 0.6 is 0 Å². The molecule has 144 valence electrons. The van der Waals surface area contributed by atoms with Crippen molar-refractivity contribution >= 4 is 13.2 Å². The van der Waals surface area contributed by atoms with Crippen LogP contribution in [0.3, 0.4) is 0 Å². The fourth-order valence-electron chi connectivity index (χ4n) is 3.55. The molecule has 2 saturated heterocycles. The van der Waals surface area contributed by atoms with E-state index in [4.69, 9.17) is 14.0 Å². The average Bonchev–Trinajstić information content (AvgIpc) is 2.66. The molecule has 2 aliphatic heterocycles. The molecule has 0 aromatic heterocycles. The lowest BCUT2D eigenvalue weighted by Crippen LogP contribution is -2.54. The standard InChI is InChI=1S/C19H36BNO4/c1-16(2,3)23-15(22)21-13-11-10-12-14(21)17(4,5)20-24-18(6,7)19(8,9)25-20/h14H,10-13H2,1-9H3/t14-/m0/s1. The zero-order valence-electron chi connectivity index (χ0n) is 17.6. The van der Waals surface area contributed by atoms with Crippen molar-refractivity contribution < 1.29 is 18.8 Å². The highest BCUT2D eigenvalue weighted by Gasteiger charge is 2.59. The van der Waals surface area contributed by atoms with Crippen LogP contribution in [0.2, 0.25) is 5.31 Å². The first kappa shape index (κ1) is 20.6. The lowest BCUT2D eigenvalue weighted by Gasteiger charge is -2.45. The second kappa shape index (κ2) is 6.45. The zero-order valence-corrected chi connectivity index (χ0v) is 17.6. The molecule has 0 aliphatic carbocycles. The number of likely N-dealkylation sites (tertiary alicyclic amines) is 1. The molecule has 6 heteroatoms. The normalized spacial score (nSPS) is 26.7. The van der Waals surface area contributed by atoms with Crippen molar-refractivity contribution in [3.63, 3.8) is 0 Å². The number of carbonyl (C=O) groups excluding carboxylic acids is 1. The summed E-state index contributed by atoms with van der Waals surface area (Å²) in [6.45, 7) is 19.0. The number of nitrogens with zero attached hydrogens (tertiary/aromatic N) is 1. The molecule has 2 rings (SSSR count). The van der Waals surface area contributed by atoms with Crippen molar-refractivity contribution in [2.75, 3.05) is 6.54 Å². The Hall–Kier alpha value is -0.745. The molecule has 5 nitrogen and oxygen atoms in total. The topological polar surface area (TPSA) is 48.0 Å². The van der Waals surface area contributed by atoms with Crippen molar-refractivity contribution in [1.29, 1.82) is 0 Å². The molecule has 1 amide bonds. The third-order valence-electron chi connectivity index (χ3n) is 5.85. The molecule has 0 N–H and O–H groups in total. The first-order chi connectivity index (χ1) is 11.2. The zero-order chi connectivity index (χ0) is 19.3. The van der Waals surface area contributed by atoms with Gasteiger partial charge in [-0.1, -0.05) is 13.8 Å². The van der Waals surface area contributed by atoms with Crippen molar-refractivity contribution in [2.24, 2.45) is 0 Å². The van der Waals surface area contributed by atoms with Crippen LogP contribution in [0.1, 0.15) is 81.6 Å². The van der Waals surface area contributed by atoms with E-state index in [0.29, 0.717) is 0 Å². The lowest BCUT2D eigenvalue weighted by molar-refractivity contribution is 0.00268. The Balaban J connectivity index is 2.22. The van der Waals surface area contributed by atoms with Gasteiger partial charge in [0.05, 0.1) is 11.2 Å². The van der Waals surface area contributed by atoms with Gasteiger partial charge in [0.15, 0.2) is 0 Å². The Labute approximate surface area is 153 Å². The highest BCUT2D eigenvalue weighted by atomic mass is 16.7. The van der Waals surface area contributed by atoms with Crippen molar-refractivity contribution in [1.82, 2.24) is 4.90 Å². The summed E-state index contributed by atoms with van der Waals surface area (Å²) >= 11 is 0. The summed E-state index contributed by atoms with van der Waals surface area (Å²) in [6, 6.07) is 0.0331. The van der Waals surface area contributed by atoms with Crippen LogP contribution in [0.4, 0.5) is 4.79 Å². The highest BCUT2D eigenvalue weighted by molar-refractivity contribution is 6.49. The summed E-state index contributed by atoms with van der Waals surface area (Å²) in [5.41, 5.74) is -1.24. The van der Waals surface area contributed by atoms with Crippen LogP contribution < -0.4 is 0 Å². The fourth-order valence-corrected chi connectivity index (χ4v) is 3.55. The number of rotatable bonds is 2. The van der Waals surface area contributed by atoms with E-state index in [1.165, 1.54) is 0 Å². The Kier molecular flexibility index (Phi) is 5.31. The summed E-state index contributed by atoms with van der Waals surface area (Å²) < 4.78 is 18.3. The maximum Gasteiger partial charge on any atom is 0.466 e. The number of hydrogen-bond donors (Lipinski definition) is 0. The number of carbonyl (C=O) groups is 1. The van der Waals surface area contributed by atoms with Crippen LogP contribution in [-0.2, 0) is 14.0 Å². The number of hydrogen-bond acceptors (Lipinski definition) is 4. The summed E-state index contributed by atoms with van der Waals surface area (Å²) in [5, 5.41) is -0.331. The Morgan fingerprint density at radius 1 is 1.04 bits per heavy atom. The molecule has 2 fully saturated rings. The van der Waals surface area contributed by atoms with Gasteiger partial charge in [-0.05, 0) is 67.7 Å². The van der Waals surface area contributed by atoms with E-state index in [0.717, 1.165) is 25.8 Å². The number of piperidine rings is 1. The van der Waals surface area contributed by atoms with E-state index in [9.17, 15) is 4.79 Å². The van der Waals surface area contributed by atoms with Gasteiger partial charge in [-0.15, -0.1) is 0 Å². The molecule has 0 aromatic carbocycles. The van der Waals surface area contributed by atoms with E-state index >= 15 is 0 Å². The smallest absolute Gasteiger partial charge is 0.444 e. The predicted molar refractivity (Wildman–Crippen MR) is 101 cm³/mol. The SMILES string of the molecule is CC(C)(C)OC(=O)N1CCCC[C@H]1C(C)(C)B1OC(C)(C)C(C)(C)O1. The van der Waals surface area contributed by atoms with Crippen LogP contribution in [-0.4, -0.2) is 47.5 Å². The van der Waals surface area contributed by atoms with Gasteiger partial charge >= 0.3 is 13.2 Å². The maximum absolute atomic E-state index is 12.8. The van der Waals surface area contributed by atoms with Gasteiger partial charge in [0.1, 0.15) is 5.60 Å². The van der Waals surface area contributed by atoms with Gasteiger partial charge in [0, 0.05) is 17.9 Å². The lowest BCUT2D eigenvalue weighted by atomic mass is 9.54. The van der Waals surface area contributed by atoms with Crippen molar-refractivity contribution in [3.05, 3.63) is 0 Å². The molecular formula is C19H36BNO4. The van der Waals surface area contributed by atoms with Crippen LogP contribution in [0.25, 0.3) is 0 Å². The van der Waals surface area contributed by atoms with Crippen LogP contribution in [0.5, 0.6) is 0 Å². The quantitative estimate of drug-likeness (QED) is 0.678. The van der Waals surface area contributed by atoms with Crippen molar-refractivity contribution in [2.45, 2.75) is 110 Å². The van der Waals surface area contributed by atoms with Gasteiger partial charge in [-0.3, -0.25) is 0 Å². The highest BCUT2D eigenvalue weighted by Crippen LogP contribution is 2.49. The molecule has 1 atom stereocenters. The molecule has 0 spiro atoms. The predicted octanol–water partition coefficient (Wildman–Crippen LogP) is 4.65. The number of amides is 1. The minimum atomic E-state index is -0.492. The Morgan fingerprint density at radius 3 is 2.04 bits per heavy atom. The summed E-state index contributed by atoms with van der Waals surface area (Å²) in [7, 11) is -0.356. The summed E-state index contributed by atoms with van der Waals surface area (Å²) in [6.07, 6.45) is 2.82. The van der Waals surface area contributed by atoms with Crippen molar-refractivity contribution in [3.8, 4) is 0 Å². The van der Waals surface area contributed by atoms with Gasteiger partial charge in [-0.25, -0.2) is 4.79 Å². The van der Waals surface area contributed by atoms with Crippen LogP contribution in [0.15, 0.2) is 0 Å². The fraction of sp³-hybridized carbons (Fsp3) is 0.947. The molecule has 25 heavy (non-hydrogen) atoms. The van der Waals surface area contributed by atoms with E-state index in [1.54, 1.807) is 0 Å². The third kappa shape index (κ3) is 4.16. The second-order valence-corrected chi connectivity index (χ2v) is 10.1. The van der Waals surface area contributed by atoms with E-state index in [2.05, 4.69) is 41.5 Å². The largest absolute Gasteiger partial charge is 0.466 e. The van der Waals surface area contributed by atoms with E-state index in [-0.39, 0.29) is 35.8 Å². The monoisotopic (exact) mass is 353 g/mol. The van der Waals surface area contributed by atoms with Gasteiger partial charge in [-0.2, -0.15) is 0 Å². The van der Waals surface area contributed by atoms with Gasteiger partial charge < -0.3 is 18.9 Å². The molecule has 0 bridgehead atoms. The van der Waals surface area contributed by atoms with Gasteiger partial charge in [0.2, 0.25) is 0 Å². The first-order valence-electron chi connectivity index (χ1n) is 9.53. The van der Waals surface area contributed by atoms with E-state index in [1.807, 2.05) is 25.7 Å². The maximum atomic E-state index is 12.8. The minimum Gasteiger partial charge on any atom is -0.444 e. The Bertz CT molecular complexity index is 494. The summed E-state index contributed by atoms with van der Waals surface area (Å²) in [4.78, 5) is 14.7. The third-order valence-corrected chi connectivity index (χ3v) is 5.85. The number of ether oxygens (including phenoxy) is 1. The molecule has 0 saturated carbocycles. The molecular weight excluding hydrogens is 317 g/mol. The molecule has 2 aliphatic rings. The molecule has 0 unspecified atom stereocenters. The molecule has 0 radical (unpaired) electrons. The van der Waals surface area contributed by atoms with Gasteiger partial charge in [0.25, 0.3) is 0 Å². The summed E-state index contributed by atoms with van der Waals surface area (Å²) in [5.74, 6) is 0. The molecule has 2 heterocycles. The second-order valence-electron chi connectivity index (χ2n) is 10.1. The van der Waals surface area contributed by atoms with E-state index < -0.39 is 5.60 Å². The average molecular weight is 353 g/mol. The Morgan fingerprint density at radius 2 is 1.56 bits per heavy atom. The minimum absolute atomic E-state index is 0.0331. The molecule has 0 aromatic rings. The first-order valence-corrected chi connectivity index (χ1v) is 9.53.